The van der Waals surface area contributed by atoms with E-state index < -0.39 is 10.0 Å². The van der Waals surface area contributed by atoms with Gasteiger partial charge in [0.2, 0.25) is 10.0 Å². The molecule has 0 bridgehead atoms. The molecule has 1 aromatic carbocycles. The van der Waals surface area contributed by atoms with Gasteiger partial charge in [0.1, 0.15) is 0 Å². The first-order chi connectivity index (χ1) is 13.0. The van der Waals surface area contributed by atoms with E-state index in [1.54, 1.807) is 24.3 Å². The molecule has 1 amide bonds. The molecule has 0 spiro atoms. The third-order valence-electron chi connectivity index (χ3n) is 5.58. The van der Waals surface area contributed by atoms with E-state index in [2.05, 4.69) is 4.90 Å². The Bertz CT molecular complexity index is 763. The van der Waals surface area contributed by atoms with Gasteiger partial charge in [-0.25, -0.2) is 8.42 Å². The van der Waals surface area contributed by atoms with Gasteiger partial charge >= 0.3 is 0 Å². The quantitative estimate of drug-likeness (QED) is 0.743. The number of piperazine rings is 1. The molecule has 1 saturated carbocycles. The predicted octanol–water partition coefficient (Wildman–Crippen LogP) is 0.875. The van der Waals surface area contributed by atoms with E-state index >= 15 is 0 Å². The van der Waals surface area contributed by atoms with Crippen LogP contribution >= 0.6 is 0 Å². The van der Waals surface area contributed by atoms with Crippen LogP contribution in [0.4, 0.5) is 0 Å². The third-order valence-corrected chi connectivity index (χ3v) is 7.49. The standard InChI is InChI=1S/C19H27N3O4S/c23-19(21-9-7-20(8-10-21)15-16-1-2-16)17-3-5-18(6-4-17)27(24,25)22-11-13-26-14-12-22/h3-6,16H,1-2,7-15H2. The summed E-state index contributed by atoms with van der Waals surface area (Å²) in [4.78, 5) is 17.3. The molecule has 148 valence electrons. The molecule has 4 rings (SSSR count). The maximum absolute atomic E-state index is 12.7. The normalized spacial score (nSPS) is 22.7. The number of hydrogen-bond acceptors (Lipinski definition) is 5. The minimum atomic E-state index is -3.52. The number of nitrogens with zero attached hydrogens (tertiary/aromatic N) is 3. The molecule has 27 heavy (non-hydrogen) atoms. The number of hydrogen-bond donors (Lipinski definition) is 0. The van der Waals surface area contributed by atoms with Crippen LogP contribution in [0.2, 0.25) is 0 Å². The second-order valence-corrected chi connectivity index (χ2v) is 9.51. The Hall–Kier alpha value is -1.48. The lowest BCUT2D eigenvalue weighted by molar-refractivity contribution is 0.0632. The minimum absolute atomic E-state index is 0.0172. The van der Waals surface area contributed by atoms with Gasteiger partial charge in [0, 0.05) is 51.4 Å². The SMILES string of the molecule is O=C(c1ccc(S(=O)(=O)N2CCOCC2)cc1)N1CCN(CC2CC2)CC1. The van der Waals surface area contributed by atoms with Gasteiger partial charge in [0.25, 0.3) is 5.91 Å². The number of benzene rings is 1. The van der Waals surface area contributed by atoms with Gasteiger partial charge in [-0.3, -0.25) is 9.69 Å². The van der Waals surface area contributed by atoms with Crippen LogP contribution in [0.3, 0.4) is 0 Å². The zero-order valence-electron chi connectivity index (χ0n) is 15.5. The first-order valence-corrected chi connectivity index (χ1v) is 11.2. The van der Waals surface area contributed by atoms with E-state index in [0.717, 1.165) is 38.6 Å². The summed E-state index contributed by atoms with van der Waals surface area (Å²) in [6.45, 7) is 6.06. The van der Waals surface area contributed by atoms with Crippen molar-refractivity contribution in [3.8, 4) is 0 Å². The maximum atomic E-state index is 12.7. The van der Waals surface area contributed by atoms with Crippen LogP contribution in [0.15, 0.2) is 29.2 Å². The Labute approximate surface area is 160 Å². The van der Waals surface area contributed by atoms with Crippen LogP contribution in [0, 0.1) is 5.92 Å². The summed E-state index contributed by atoms with van der Waals surface area (Å²) in [7, 11) is -3.52. The smallest absolute Gasteiger partial charge is 0.253 e. The number of morpholine rings is 1. The zero-order chi connectivity index (χ0) is 18.9. The summed E-state index contributed by atoms with van der Waals surface area (Å²) in [5, 5.41) is 0. The van der Waals surface area contributed by atoms with Crippen molar-refractivity contribution in [2.75, 3.05) is 59.0 Å². The molecule has 2 heterocycles. The summed E-state index contributed by atoms with van der Waals surface area (Å²) in [6, 6.07) is 6.35. The van der Waals surface area contributed by atoms with Crippen LogP contribution in [0.5, 0.6) is 0 Å². The van der Waals surface area contributed by atoms with Gasteiger partial charge in [-0.15, -0.1) is 0 Å². The van der Waals surface area contributed by atoms with Crippen molar-refractivity contribution in [2.45, 2.75) is 17.7 Å². The number of carbonyl (C=O) groups is 1. The highest BCUT2D eigenvalue weighted by atomic mass is 32.2. The maximum Gasteiger partial charge on any atom is 0.253 e. The monoisotopic (exact) mass is 393 g/mol. The van der Waals surface area contributed by atoms with Crippen LogP contribution in [-0.4, -0.2) is 87.5 Å². The zero-order valence-corrected chi connectivity index (χ0v) is 16.4. The Morgan fingerprint density at radius 2 is 1.59 bits per heavy atom. The second-order valence-electron chi connectivity index (χ2n) is 7.58. The molecule has 2 aliphatic heterocycles. The molecule has 1 aliphatic carbocycles. The molecule has 0 atom stereocenters. The van der Waals surface area contributed by atoms with Crippen molar-refractivity contribution in [3.63, 3.8) is 0 Å². The highest BCUT2D eigenvalue weighted by Gasteiger charge is 2.29. The molecule has 0 unspecified atom stereocenters. The molecule has 3 fully saturated rings. The summed E-state index contributed by atoms with van der Waals surface area (Å²) in [5.74, 6) is 0.851. The predicted molar refractivity (Wildman–Crippen MR) is 101 cm³/mol. The van der Waals surface area contributed by atoms with Gasteiger partial charge in [-0.2, -0.15) is 4.31 Å². The molecular formula is C19H27N3O4S. The highest BCUT2D eigenvalue weighted by Crippen LogP contribution is 2.30. The van der Waals surface area contributed by atoms with Crippen LogP contribution in [-0.2, 0) is 14.8 Å². The van der Waals surface area contributed by atoms with E-state index in [-0.39, 0.29) is 10.8 Å². The number of carbonyl (C=O) groups excluding carboxylic acids is 1. The van der Waals surface area contributed by atoms with E-state index in [1.807, 2.05) is 4.90 Å². The Balaban J connectivity index is 1.37. The number of sulfonamides is 1. The topological polar surface area (TPSA) is 70.2 Å². The molecule has 7 nitrogen and oxygen atoms in total. The van der Waals surface area contributed by atoms with Gasteiger partial charge in [0.15, 0.2) is 0 Å². The number of ether oxygens (including phenoxy) is 1. The minimum Gasteiger partial charge on any atom is -0.379 e. The Morgan fingerprint density at radius 1 is 0.963 bits per heavy atom. The van der Waals surface area contributed by atoms with Crippen molar-refractivity contribution in [1.82, 2.24) is 14.1 Å². The first-order valence-electron chi connectivity index (χ1n) is 9.73. The molecule has 0 N–H and O–H groups in total. The van der Waals surface area contributed by atoms with Gasteiger partial charge in [-0.05, 0) is 43.0 Å². The van der Waals surface area contributed by atoms with Crippen LogP contribution in [0.1, 0.15) is 23.2 Å². The second kappa shape index (κ2) is 7.87. The van der Waals surface area contributed by atoms with Gasteiger partial charge in [-0.1, -0.05) is 0 Å². The highest BCUT2D eigenvalue weighted by molar-refractivity contribution is 7.89. The molecule has 0 radical (unpaired) electrons. The molecule has 1 aromatic rings. The molecule has 2 saturated heterocycles. The van der Waals surface area contributed by atoms with E-state index in [1.165, 1.54) is 17.1 Å². The van der Waals surface area contributed by atoms with Crippen molar-refractivity contribution in [2.24, 2.45) is 5.92 Å². The lowest BCUT2D eigenvalue weighted by atomic mass is 10.2. The summed E-state index contributed by atoms with van der Waals surface area (Å²) >= 11 is 0. The number of amides is 1. The molecule has 0 aromatic heterocycles. The average Bonchev–Trinajstić information content (AvgIpc) is 3.53. The van der Waals surface area contributed by atoms with Crippen LogP contribution in [0.25, 0.3) is 0 Å². The van der Waals surface area contributed by atoms with Crippen molar-refractivity contribution in [3.05, 3.63) is 29.8 Å². The van der Waals surface area contributed by atoms with Gasteiger partial charge in [0.05, 0.1) is 18.1 Å². The van der Waals surface area contributed by atoms with E-state index in [4.69, 9.17) is 4.74 Å². The molecule has 8 heteroatoms. The van der Waals surface area contributed by atoms with E-state index in [0.29, 0.717) is 31.9 Å². The summed E-state index contributed by atoms with van der Waals surface area (Å²) < 4.78 is 32.0. The number of rotatable bonds is 5. The lowest BCUT2D eigenvalue weighted by Crippen LogP contribution is -2.49. The third kappa shape index (κ3) is 4.34. The largest absolute Gasteiger partial charge is 0.379 e. The van der Waals surface area contributed by atoms with Crippen LogP contribution < -0.4 is 0 Å². The fourth-order valence-electron chi connectivity index (χ4n) is 3.69. The van der Waals surface area contributed by atoms with Crippen molar-refractivity contribution in [1.29, 1.82) is 0 Å². The van der Waals surface area contributed by atoms with Gasteiger partial charge < -0.3 is 9.64 Å². The average molecular weight is 394 g/mol. The Kier molecular flexibility index (Phi) is 5.50. The summed E-state index contributed by atoms with van der Waals surface area (Å²) in [5.41, 5.74) is 0.548. The fraction of sp³-hybridized carbons (Fsp3) is 0.632. The fourth-order valence-corrected chi connectivity index (χ4v) is 5.10. The van der Waals surface area contributed by atoms with Crippen molar-refractivity contribution >= 4 is 15.9 Å². The molecular weight excluding hydrogens is 366 g/mol. The first kappa shape index (κ1) is 18.9. The Morgan fingerprint density at radius 3 is 2.19 bits per heavy atom. The molecule has 3 aliphatic rings. The van der Waals surface area contributed by atoms with E-state index in [9.17, 15) is 13.2 Å². The van der Waals surface area contributed by atoms with Crippen molar-refractivity contribution < 1.29 is 17.9 Å². The lowest BCUT2D eigenvalue weighted by Gasteiger charge is -2.34. The summed E-state index contributed by atoms with van der Waals surface area (Å²) in [6.07, 6.45) is 2.69.